The Labute approximate surface area is 152 Å². The lowest BCUT2D eigenvalue weighted by Crippen LogP contribution is -2.51. The van der Waals surface area contributed by atoms with Crippen molar-refractivity contribution in [3.63, 3.8) is 0 Å². The highest BCUT2D eigenvalue weighted by Crippen LogP contribution is 2.24. The average Bonchev–Trinajstić information content (AvgIpc) is 2.67. The van der Waals surface area contributed by atoms with Crippen molar-refractivity contribution in [2.45, 2.75) is 12.8 Å². The fourth-order valence-corrected chi connectivity index (χ4v) is 3.66. The summed E-state index contributed by atoms with van der Waals surface area (Å²) in [7, 11) is 0. The number of rotatable bonds is 3. The summed E-state index contributed by atoms with van der Waals surface area (Å²) < 4.78 is 0. The fourth-order valence-electron chi connectivity index (χ4n) is 3.44. The van der Waals surface area contributed by atoms with Crippen LogP contribution in [0.4, 0.5) is 0 Å². The highest BCUT2D eigenvalue weighted by Gasteiger charge is 2.32. The molecular formula is C18H22ClN3O3. The number of hydrogen-bond donors (Lipinski definition) is 0. The van der Waals surface area contributed by atoms with Crippen LogP contribution >= 0.6 is 11.6 Å². The SMILES string of the molecule is O=CN1CCN(C(=O)C2CCN(C(=O)c3ccccc3Cl)CC2)CC1. The quantitative estimate of drug-likeness (QED) is 0.764. The number of benzene rings is 1. The number of hydrogen-bond acceptors (Lipinski definition) is 3. The third kappa shape index (κ3) is 3.95. The molecule has 1 aromatic rings. The van der Waals surface area contributed by atoms with Crippen LogP contribution < -0.4 is 0 Å². The number of halogens is 1. The molecule has 6 nitrogen and oxygen atoms in total. The molecule has 1 aromatic carbocycles. The Balaban J connectivity index is 1.53. The summed E-state index contributed by atoms with van der Waals surface area (Å²) in [5.41, 5.74) is 0.513. The Morgan fingerprint density at radius 3 is 2.20 bits per heavy atom. The van der Waals surface area contributed by atoms with Crippen LogP contribution in [0.5, 0.6) is 0 Å². The van der Waals surface area contributed by atoms with Gasteiger partial charge in [-0.1, -0.05) is 23.7 Å². The maximum atomic E-state index is 12.6. The normalized spacial score (nSPS) is 19.0. The number of carbonyl (C=O) groups excluding carboxylic acids is 3. The van der Waals surface area contributed by atoms with Crippen LogP contribution in [0.3, 0.4) is 0 Å². The van der Waals surface area contributed by atoms with Gasteiger partial charge in [0.2, 0.25) is 12.3 Å². The molecule has 0 aromatic heterocycles. The van der Waals surface area contributed by atoms with E-state index in [1.54, 1.807) is 34.1 Å². The molecule has 3 amide bonds. The number of piperidine rings is 1. The molecule has 2 aliphatic rings. The number of likely N-dealkylation sites (tertiary alicyclic amines) is 1. The van der Waals surface area contributed by atoms with Crippen LogP contribution in [0, 0.1) is 5.92 Å². The van der Waals surface area contributed by atoms with Gasteiger partial charge in [0.15, 0.2) is 0 Å². The van der Waals surface area contributed by atoms with Crippen molar-refractivity contribution in [2.24, 2.45) is 5.92 Å². The van der Waals surface area contributed by atoms with Crippen molar-refractivity contribution in [2.75, 3.05) is 39.3 Å². The van der Waals surface area contributed by atoms with Gasteiger partial charge in [0, 0.05) is 45.2 Å². The molecule has 0 bridgehead atoms. The van der Waals surface area contributed by atoms with Gasteiger partial charge in [-0.15, -0.1) is 0 Å². The zero-order chi connectivity index (χ0) is 17.8. The van der Waals surface area contributed by atoms with Gasteiger partial charge in [0.05, 0.1) is 10.6 Å². The maximum Gasteiger partial charge on any atom is 0.255 e. The Hall–Kier alpha value is -2.08. The number of carbonyl (C=O) groups is 3. The second-order valence-corrected chi connectivity index (χ2v) is 6.92. The zero-order valence-corrected chi connectivity index (χ0v) is 14.8. The predicted molar refractivity (Wildman–Crippen MR) is 94.3 cm³/mol. The molecule has 25 heavy (non-hydrogen) atoms. The van der Waals surface area contributed by atoms with Crippen LogP contribution in [0.25, 0.3) is 0 Å². The first kappa shape index (κ1) is 17.7. The van der Waals surface area contributed by atoms with E-state index in [-0.39, 0.29) is 17.7 Å². The summed E-state index contributed by atoms with van der Waals surface area (Å²) in [5.74, 6) is 0.0320. The van der Waals surface area contributed by atoms with E-state index in [9.17, 15) is 14.4 Å². The van der Waals surface area contributed by atoms with E-state index >= 15 is 0 Å². The molecule has 2 aliphatic heterocycles. The predicted octanol–water partition coefficient (Wildman–Crippen LogP) is 1.49. The van der Waals surface area contributed by atoms with Crippen molar-refractivity contribution >= 4 is 29.8 Å². The standard InChI is InChI=1S/C18H22ClN3O3/c19-16-4-2-1-3-15(16)18(25)21-7-5-14(6-8-21)17(24)22-11-9-20(13-23)10-12-22/h1-4,13-14H,5-12H2. The van der Waals surface area contributed by atoms with Gasteiger partial charge < -0.3 is 14.7 Å². The summed E-state index contributed by atoms with van der Waals surface area (Å²) in [6.07, 6.45) is 2.17. The molecule has 0 radical (unpaired) electrons. The lowest BCUT2D eigenvalue weighted by atomic mass is 9.94. The van der Waals surface area contributed by atoms with E-state index in [0.717, 1.165) is 6.41 Å². The molecule has 0 unspecified atom stereocenters. The van der Waals surface area contributed by atoms with Gasteiger partial charge in [-0.2, -0.15) is 0 Å². The molecule has 0 N–H and O–H groups in total. The van der Waals surface area contributed by atoms with E-state index < -0.39 is 0 Å². The van der Waals surface area contributed by atoms with Gasteiger partial charge in [0.1, 0.15) is 0 Å². The molecule has 2 saturated heterocycles. The maximum absolute atomic E-state index is 12.6. The third-order valence-electron chi connectivity index (χ3n) is 5.01. The van der Waals surface area contributed by atoms with Crippen molar-refractivity contribution in [1.29, 1.82) is 0 Å². The molecule has 0 saturated carbocycles. The van der Waals surface area contributed by atoms with Gasteiger partial charge in [0.25, 0.3) is 5.91 Å². The summed E-state index contributed by atoms with van der Waals surface area (Å²) in [6, 6.07) is 7.04. The van der Waals surface area contributed by atoms with Crippen molar-refractivity contribution in [3.05, 3.63) is 34.9 Å². The Morgan fingerprint density at radius 1 is 0.960 bits per heavy atom. The molecule has 134 valence electrons. The monoisotopic (exact) mass is 363 g/mol. The van der Waals surface area contributed by atoms with E-state index in [2.05, 4.69) is 0 Å². The van der Waals surface area contributed by atoms with Gasteiger partial charge in [-0.05, 0) is 25.0 Å². The molecular weight excluding hydrogens is 342 g/mol. The molecule has 0 spiro atoms. The van der Waals surface area contributed by atoms with Crippen molar-refractivity contribution < 1.29 is 14.4 Å². The second-order valence-electron chi connectivity index (χ2n) is 6.51. The Morgan fingerprint density at radius 2 is 1.60 bits per heavy atom. The second kappa shape index (κ2) is 7.87. The largest absolute Gasteiger partial charge is 0.342 e. The number of amides is 3. The Bertz CT molecular complexity index is 651. The highest BCUT2D eigenvalue weighted by atomic mass is 35.5. The van der Waals surface area contributed by atoms with Gasteiger partial charge in [-0.25, -0.2) is 0 Å². The minimum absolute atomic E-state index is 0.0434. The van der Waals surface area contributed by atoms with Crippen LogP contribution in [-0.4, -0.2) is 72.2 Å². The van der Waals surface area contributed by atoms with E-state index in [4.69, 9.17) is 11.6 Å². The summed E-state index contributed by atoms with van der Waals surface area (Å²) >= 11 is 6.11. The van der Waals surface area contributed by atoms with Crippen LogP contribution in [0.2, 0.25) is 5.02 Å². The molecule has 7 heteroatoms. The minimum atomic E-state index is -0.0731. The van der Waals surface area contributed by atoms with Crippen molar-refractivity contribution in [3.8, 4) is 0 Å². The van der Waals surface area contributed by atoms with Crippen LogP contribution in [0.15, 0.2) is 24.3 Å². The average molecular weight is 364 g/mol. The third-order valence-corrected chi connectivity index (χ3v) is 5.34. The first-order valence-electron chi connectivity index (χ1n) is 8.62. The Kier molecular flexibility index (Phi) is 5.58. The molecule has 2 fully saturated rings. The van der Waals surface area contributed by atoms with Crippen LogP contribution in [0.1, 0.15) is 23.2 Å². The molecule has 3 rings (SSSR count). The van der Waals surface area contributed by atoms with Crippen LogP contribution in [-0.2, 0) is 9.59 Å². The van der Waals surface area contributed by atoms with Gasteiger partial charge >= 0.3 is 0 Å². The van der Waals surface area contributed by atoms with Gasteiger partial charge in [-0.3, -0.25) is 14.4 Å². The number of piperazine rings is 1. The first-order chi connectivity index (χ1) is 12.1. The summed E-state index contributed by atoms with van der Waals surface area (Å²) in [4.78, 5) is 41.3. The van der Waals surface area contributed by atoms with E-state index in [1.807, 2.05) is 4.90 Å². The molecule has 0 aliphatic carbocycles. The first-order valence-corrected chi connectivity index (χ1v) is 9.00. The fraction of sp³-hybridized carbons (Fsp3) is 0.500. The zero-order valence-electron chi connectivity index (χ0n) is 14.1. The lowest BCUT2D eigenvalue weighted by molar-refractivity contribution is -0.140. The highest BCUT2D eigenvalue weighted by molar-refractivity contribution is 6.33. The molecule has 0 atom stereocenters. The van der Waals surface area contributed by atoms with Crippen molar-refractivity contribution in [1.82, 2.24) is 14.7 Å². The van der Waals surface area contributed by atoms with E-state index in [0.29, 0.717) is 62.7 Å². The lowest BCUT2D eigenvalue weighted by Gasteiger charge is -2.37. The summed E-state index contributed by atoms with van der Waals surface area (Å²) in [6.45, 7) is 3.51. The summed E-state index contributed by atoms with van der Waals surface area (Å²) in [5, 5.41) is 0.457. The molecule has 2 heterocycles. The minimum Gasteiger partial charge on any atom is -0.342 e. The number of nitrogens with zero attached hydrogens (tertiary/aromatic N) is 3. The topological polar surface area (TPSA) is 60.9 Å². The van der Waals surface area contributed by atoms with E-state index in [1.165, 1.54) is 0 Å². The smallest absolute Gasteiger partial charge is 0.255 e.